The number of carbonyl (C=O) groups excluding carboxylic acids is 4. The average Bonchev–Trinajstić information content (AvgIpc) is 2.93. The van der Waals surface area contributed by atoms with Gasteiger partial charge >= 0.3 is 18.2 Å². The molecule has 0 aliphatic carbocycles. The molecule has 5 N–H and O–H groups in total. The fourth-order valence-electron chi connectivity index (χ4n) is 4.73. The molecule has 0 saturated carbocycles. The van der Waals surface area contributed by atoms with Crippen molar-refractivity contribution in [3.05, 3.63) is 65.7 Å². The molecule has 0 bridgehead atoms. The number of rotatable bonds is 13. The second-order valence-electron chi connectivity index (χ2n) is 15.3. The lowest BCUT2D eigenvalue weighted by molar-refractivity contribution is -0.142. The summed E-state index contributed by atoms with van der Waals surface area (Å²) in [5.41, 5.74) is 0.208. The number of alkyl carbamates (subject to hydrolysis) is 1. The van der Waals surface area contributed by atoms with Gasteiger partial charge in [0.1, 0.15) is 30.3 Å². The van der Waals surface area contributed by atoms with Gasteiger partial charge in [-0.3, -0.25) is 14.9 Å². The maximum atomic E-state index is 13.6. The van der Waals surface area contributed by atoms with Crippen LogP contribution in [0.3, 0.4) is 0 Å². The van der Waals surface area contributed by atoms with Crippen molar-refractivity contribution >= 4 is 35.7 Å². The summed E-state index contributed by atoms with van der Waals surface area (Å²) in [5.74, 6) is -2.56. The Morgan fingerprint density at radius 1 is 0.667 bits per heavy atom. The molecule has 0 spiro atoms. The summed E-state index contributed by atoms with van der Waals surface area (Å²) in [4.78, 5) is 64.5. The standard InChI is InChI=1S/C36H52N4O8/c1-34(2,3)20-27(39-30(42)28(21-35(4,5)6)40-32(45)47-22-23-14-11-10-12-15-23)29(41)38-26(31(43)44)19-24-16-13-17-25(18-24)37-33(46)48-36(7,8)9/h10-18,26-28H,19-22H2,1-9H3,(H,37,46)(H,38,41)(H,39,42)(H,40,45)(H,43,44)/t26-,27-,28+/m0/s1. The number of hydrogen-bond donors (Lipinski definition) is 5. The van der Waals surface area contributed by atoms with Crippen molar-refractivity contribution in [1.82, 2.24) is 16.0 Å². The zero-order chi connectivity index (χ0) is 36.3. The minimum absolute atomic E-state index is 0.0160. The van der Waals surface area contributed by atoms with Gasteiger partial charge in [0.05, 0.1) is 0 Å². The fraction of sp³-hybridized carbons (Fsp3) is 0.528. The Morgan fingerprint density at radius 3 is 1.71 bits per heavy atom. The number of carboxylic acids is 1. The maximum Gasteiger partial charge on any atom is 0.412 e. The highest BCUT2D eigenvalue weighted by atomic mass is 16.6. The number of carboxylic acid groups (broad SMARTS) is 1. The van der Waals surface area contributed by atoms with Crippen LogP contribution in [0, 0.1) is 10.8 Å². The molecule has 2 rings (SSSR count). The van der Waals surface area contributed by atoms with Gasteiger partial charge in [0.25, 0.3) is 0 Å². The molecule has 0 aliphatic heterocycles. The van der Waals surface area contributed by atoms with E-state index in [9.17, 15) is 29.1 Å². The van der Waals surface area contributed by atoms with Crippen LogP contribution in [0.25, 0.3) is 0 Å². The maximum absolute atomic E-state index is 13.6. The predicted molar refractivity (Wildman–Crippen MR) is 183 cm³/mol. The molecule has 0 heterocycles. The monoisotopic (exact) mass is 668 g/mol. The van der Waals surface area contributed by atoms with Crippen LogP contribution in [-0.4, -0.2) is 58.8 Å². The van der Waals surface area contributed by atoms with Crippen LogP contribution in [-0.2, 0) is 36.9 Å². The van der Waals surface area contributed by atoms with Crippen molar-refractivity contribution in [3.8, 4) is 0 Å². The zero-order valence-electron chi connectivity index (χ0n) is 29.6. The van der Waals surface area contributed by atoms with E-state index in [0.717, 1.165) is 5.56 Å². The van der Waals surface area contributed by atoms with E-state index in [4.69, 9.17) is 9.47 Å². The molecule has 0 aliphatic rings. The van der Waals surface area contributed by atoms with Crippen molar-refractivity contribution in [2.24, 2.45) is 10.8 Å². The van der Waals surface area contributed by atoms with Gasteiger partial charge in [0, 0.05) is 12.1 Å². The van der Waals surface area contributed by atoms with Gasteiger partial charge in [0.2, 0.25) is 11.8 Å². The number of amides is 4. The molecule has 12 nitrogen and oxygen atoms in total. The third-order valence-electron chi connectivity index (χ3n) is 6.71. The van der Waals surface area contributed by atoms with Crippen LogP contribution in [0.2, 0.25) is 0 Å². The van der Waals surface area contributed by atoms with Gasteiger partial charge in [-0.25, -0.2) is 14.4 Å². The Bertz CT molecular complexity index is 1410. The van der Waals surface area contributed by atoms with Gasteiger partial charge in [0.15, 0.2) is 0 Å². The number of nitrogens with one attached hydrogen (secondary N) is 4. The average molecular weight is 669 g/mol. The topological polar surface area (TPSA) is 172 Å². The molecule has 2 aromatic rings. The molecule has 0 saturated heterocycles. The predicted octanol–water partition coefficient (Wildman–Crippen LogP) is 5.80. The smallest absolute Gasteiger partial charge is 0.412 e. The molecule has 0 fully saturated rings. The molecular formula is C36H52N4O8. The third-order valence-corrected chi connectivity index (χ3v) is 6.71. The molecule has 12 heteroatoms. The SMILES string of the molecule is CC(C)(C)C[C@H](NC(=O)[C@@H](CC(C)(C)C)NC(=O)OCc1ccccc1)C(=O)N[C@@H](Cc1cccc(NC(=O)OC(C)(C)C)c1)C(=O)O. The number of carbonyl (C=O) groups is 5. The summed E-state index contributed by atoms with van der Waals surface area (Å²) in [6.45, 7) is 16.7. The lowest BCUT2D eigenvalue weighted by atomic mass is 9.86. The molecule has 4 amide bonds. The Kier molecular flexibility index (Phi) is 14.0. The van der Waals surface area contributed by atoms with E-state index in [1.165, 1.54) is 0 Å². The number of hydrogen-bond acceptors (Lipinski definition) is 7. The van der Waals surface area contributed by atoms with Crippen LogP contribution in [0.1, 0.15) is 86.3 Å². The second-order valence-corrected chi connectivity index (χ2v) is 15.3. The lowest BCUT2D eigenvalue weighted by Crippen LogP contribution is -2.57. The van der Waals surface area contributed by atoms with Crippen LogP contribution >= 0.6 is 0 Å². The number of benzene rings is 2. The van der Waals surface area contributed by atoms with E-state index >= 15 is 0 Å². The Hall–Kier alpha value is -4.61. The second kappa shape index (κ2) is 17.0. The fourth-order valence-corrected chi connectivity index (χ4v) is 4.73. The van der Waals surface area contributed by atoms with Crippen molar-refractivity contribution in [1.29, 1.82) is 0 Å². The van der Waals surface area contributed by atoms with Crippen LogP contribution in [0.5, 0.6) is 0 Å². The van der Waals surface area contributed by atoms with Gasteiger partial charge in [-0.1, -0.05) is 84.0 Å². The minimum Gasteiger partial charge on any atom is -0.480 e. The summed E-state index contributed by atoms with van der Waals surface area (Å²) in [6, 6.07) is 12.2. The molecular weight excluding hydrogens is 616 g/mol. The molecule has 0 radical (unpaired) electrons. The molecule has 3 atom stereocenters. The highest BCUT2D eigenvalue weighted by Gasteiger charge is 2.34. The Balaban J connectivity index is 2.20. The van der Waals surface area contributed by atoms with Gasteiger partial charge in [-0.05, 0) is 67.7 Å². The summed E-state index contributed by atoms with van der Waals surface area (Å²) in [7, 11) is 0. The van der Waals surface area contributed by atoms with Gasteiger partial charge in [-0.15, -0.1) is 0 Å². The van der Waals surface area contributed by atoms with E-state index in [1.807, 2.05) is 71.9 Å². The van der Waals surface area contributed by atoms with Crippen molar-refractivity contribution in [3.63, 3.8) is 0 Å². The number of anilines is 1. The molecule has 264 valence electrons. The van der Waals surface area contributed by atoms with Crippen LogP contribution < -0.4 is 21.3 Å². The zero-order valence-corrected chi connectivity index (χ0v) is 29.6. The van der Waals surface area contributed by atoms with Crippen molar-refractivity contribution in [2.75, 3.05) is 5.32 Å². The largest absolute Gasteiger partial charge is 0.480 e. The highest BCUT2D eigenvalue weighted by Crippen LogP contribution is 2.24. The van der Waals surface area contributed by atoms with E-state index in [2.05, 4.69) is 21.3 Å². The Labute approximate surface area is 283 Å². The first-order valence-electron chi connectivity index (χ1n) is 16.0. The minimum atomic E-state index is -1.34. The van der Waals surface area contributed by atoms with E-state index in [-0.39, 0.29) is 31.3 Å². The van der Waals surface area contributed by atoms with Crippen LogP contribution in [0.15, 0.2) is 54.6 Å². The van der Waals surface area contributed by atoms with Crippen LogP contribution in [0.4, 0.5) is 15.3 Å². The first kappa shape index (κ1) is 39.6. The van der Waals surface area contributed by atoms with E-state index in [0.29, 0.717) is 11.3 Å². The third kappa shape index (κ3) is 15.8. The van der Waals surface area contributed by atoms with E-state index < -0.39 is 59.1 Å². The van der Waals surface area contributed by atoms with Gasteiger partial charge in [-0.2, -0.15) is 0 Å². The summed E-state index contributed by atoms with van der Waals surface area (Å²) >= 11 is 0. The summed E-state index contributed by atoms with van der Waals surface area (Å²) < 4.78 is 10.6. The molecule has 0 unspecified atom stereocenters. The first-order chi connectivity index (χ1) is 22.1. The number of aliphatic carboxylic acids is 1. The summed E-state index contributed by atoms with van der Waals surface area (Å²) in [6.07, 6.45) is -1.11. The Morgan fingerprint density at radius 2 is 1.19 bits per heavy atom. The molecule has 0 aromatic heterocycles. The molecule has 2 aromatic carbocycles. The normalized spacial score (nSPS) is 13.7. The lowest BCUT2D eigenvalue weighted by Gasteiger charge is -2.30. The van der Waals surface area contributed by atoms with Crippen molar-refractivity contribution in [2.45, 2.75) is 112 Å². The molecule has 48 heavy (non-hydrogen) atoms. The van der Waals surface area contributed by atoms with Crippen molar-refractivity contribution < 1.29 is 38.6 Å². The quantitative estimate of drug-likeness (QED) is 0.178. The first-order valence-corrected chi connectivity index (χ1v) is 16.0. The summed E-state index contributed by atoms with van der Waals surface area (Å²) in [5, 5.41) is 20.6. The highest BCUT2D eigenvalue weighted by molar-refractivity contribution is 5.93. The van der Waals surface area contributed by atoms with E-state index in [1.54, 1.807) is 45.0 Å². The number of ether oxygens (including phenoxy) is 2. The van der Waals surface area contributed by atoms with Gasteiger partial charge < -0.3 is 30.5 Å².